The lowest BCUT2D eigenvalue weighted by Gasteiger charge is -2.02. The molecule has 1 heterocycles. The van der Waals surface area contributed by atoms with Gasteiger partial charge < -0.3 is 15.2 Å². The van der Waals surface area contributed by atoms with Gasteiger partial charge in [0.25, 0.3) is 0 Å². The zero-order valence-electron chi connectivity index (χ0n) is 12.0. The number of ether oxygens (including phenoxy) is 1. The predicted molar refractivity (Wildman–Crippen MR) is 84.9 cm³/mol. The van der Waals surface area contributed by atoms with E-state index in [9.17, 15) is 14.7 Å². The van der Waals surface area contributed by atoms with Gasteiger partial charge in [0.2, 0.25) is 5.91 Å². The van der Waals surface area contributed by atoms with Gasteiger partial charge >= 0.3 is 5.97 Å². The SMILES string of the molecule is COc1cccc(/C=C(/C(=O)O)c2csc(NC(C)=O)n2)c1. The summed E-state index contributed by atoms with van der Waals surface area (Å²) in [6.07, 6.45) is 1.51. The van der Waals surface area contributed by atoms with Crippen molar-refractivity contribution >= 4 is 40.0 Å². The molecule has 0 fully saturated rings. The lowest BCUT2D eigenvalue weighted by molar-refractivity contribution is -0.130. The van der Waals surface area contributed by atoms with Crippen molar-refractivity contribution in [2.24, 2.45) is 0 Å². The zero-order valence-corrected chi connectivity index (χ0v) is 12.8. The number of thiazole rings is 1. The molecule has 6 nitrogen and oxygen atoms in total. The smallest absolute Gasteiger partial charge is 0.337 e. The maximum atomic E-state index is 11.5. The summed E-state index contributed by atoms with van der Waals surface area (Å²) in [6.45, 7) is 1.37. The number of nitrogens with one attached hydrogen (secondary N) is 1. The van der Waals surface area contributed by atoms with Crippen LogP contribution in [0, 0.1) is 0 Å². The molecule has 0 bridgehead atoms. The number of rotatable bonds is 5. The van der Waals surface area contributed by atoms with Gasteiger partial charge in [0.05, 0.1) is 18.4 Å². The van der Waals surface area contributed by atoms with E-state index in [-0.39, 0.29) is 11.5 Å². The number of aromatic nitrogens is 1. The van der Waals surface area contributed by atoms with Gasteiger partial charge in [0, 0.05) is 12.3 Å². The van der Waals surface area contributed by atoms with Crippen LogP contribution in [0.25, 0.3) is 11.6 Å². The minimum Gasteiger partial charge on any atom is -0.497 e. The summed E-state index contributed by atoms with van der Waals surface area (Å²) in [5.74, 6) is -0.715. The number of benzene rings is 1. The highest BCUT2D eigenvalue weighted by Crippen LogP contribution is 2.25. The molecule has 2 N–H and O–H groups in total. The largest absolute Gasteiger partial charge is 0.497 e. The molecular weight excluding hydrogens is 304 g/mol. The zero-order chi connectivity index (χ0) is 16.1. The first-order chi connectivity index (χ1) is 10.5. The highest BCUT2D eigenvalue weighted by atomic mass is 32.1. The van der Waals surface area contributed by atoms with Crippen LogP contribution in [0.15, 0.2) is 29.6 Å². The molecule has 0 saturated heterocycles. The van der Waals surface area contributed by atoms with Gasteiger partial charge in [-0.3, -0.25) is 4.79 Å². The molecule has 0 aliphatic rings. The molecule has 22 heavy (non-hydrogen) atoms. The quantitative estimate of drug-likeness (QED) is 0.828. The van der Waals surface area contributed by atoms with E-state index in [0.29, 0.717) is 22.1 Å². The minimum atomic E-state index is -1.09. The molecule has 1 amide bonds. The fourth-order valence-corrected chi connectivity index (χ4v) is 2.51. The monoisotopic (exact) mass is 318 g/mol. The third-order valence-electron chi connectivity index (χ3n) is 2.70. The van der Waals surface area contributed by atoms with Crippen LogP contribution in [0.5, 0.6) is 5.75 Å². The lowest BCUT2D eigenvalue weighted by atomic mass is 10.1. The summed E-state index contributed by atoms with van der Waals surface area (Å²) in [5, 5.41) is 13.9. The van der Waals surface area contributed by atoms with Gasteiger partial charge in [-0.05, 0) is 23.8 Å². The Morgan fingerprint density at radius 2 is 2.18 bits per heavy atom. The van der Waals surface area contributed by atoms with Crippen LogP contribution in [-0.2, 0) is 9.59 Å². The number of amides is 1. The number of nitrogens with zero attached hydrogens (tertiary/aromatic N) is 1. The second-order valence-corrected chi connectivity index (χ2v) is 5.22. The third-order valence-corrected chi connectivity index (χ3v) is 3.46. The Balaban J connectivity index is 2.37. The molecule has 0 aliphatic carbocycles. The molecule has 7 heteroatoms. The van der Waals surface area contributed by atoms with Crippen molar-refractivity contribution in [2.75, 3.05) is 12.4 Å². The Kier molecular flexibility index (Phi) is 4.90. The Bertz CT molecular complexity index is 737. The number of hydrogen-bond acceptors (Lipinski definition) is 5. The molecule has 2 aromatic rings. The van der Waals surface area contributed by atoms with Crippen molar-refractivity contribution in [3.8, 4) is 5.75 Å². The van der Waals surface area contributed by atoms with Gasteiger partial charge in [-0.15, -0.1) is 11.3 Å². The second-order valence-electron chi connectivity index (χ2n) is 4.36. The van der Waals surface area contributed by atoms with E-state index < -0.39 is 5.97 Å². The maximum absolute atomic E-state index is 11.5. The van der Waals surface area contributed by atoms with Crippen LogP contribution >= 0.6 is 11.3 Å². The number of carbonyl (C=O) groups excluding carboxylic acids is 1. The second kappa shape index (κ2) is 6.86. The predicted octanol–water partition coefficient (Wildman–Crippen LogP) is 2.74. The number of aliphatic carboxylic acids is 1. The van der Waals surface area contributed by atoms with Crippen molar-refractivity contribution in [3.05, 3.63) is 40.9 Å². The summed E-state index contributed by atoms with van der Waals surface area (Å²) < 4.78 is 5.11. The summed E-state index contributed by atoms with van der Waals surface area (Å²) in [7, 11) is 1.54. The first kappa shape index (κ1) is 15.7. The summed E-state index contributed by atoms with van der Waals surface area (Å²) in [6, 6.07) is 7.04. The van der Waals surface area contributed by atoms with Crippen molar-refractivity contribution in [2.45, 2.75) is 6.92 Å². The molecule has 0 spiro atoms. The highest BCUT2D eigenvalue weighted by Gasteiger charge is 2.15. The van der Waals surface area contributed by atoms with Crippen molar-refractivity contribution in [1.29, 1.82) is 0 Å². The van der Waals surface area contributed by atoms with Gasteiger partial charge in [0.15, 0.2) is 5.13 Å². The van der Waals surface area contributed by atoms with Crippen molar-refractivity contribution in [3.63, 3.8) is 0 Å². The summed E-state index contributed by atoms with van der Waals surface area (Å²) >= 11 is 1.17. The van der Waals surface area contributed by atoms with E-state index >= 15 is 0 Å². The van der Waals surface area contributed by atoms with Crippen LogP contribution in [0.2, 0.25) is 0 Å². The van der Waals surface area contributed by atoms with E-state index in [1.54, 1.807) is 36.8 Å². The van der Waals surface area contributed by atoms with Gasteiger partial charge in [-0.1, -0.05) is 12.1 Å². The average molecular weight is 318 g/mol. The topological polar surface area (TPSA) is 88.5 Å². The fraction of sp³-hybridized carbons (Fsp3) is 0.133. The molecule has 0 radical (unpaired) electrons. The molecular formula is C15H14N2O4S. The van der Waals surface area contributed by atoms with Crippen LogP contribution in [-0.4, -0.2) is 29.1 Å². The van der Waals surface area contributed by atoms with Crippen LogP contribution in [0.4, 0.5) is 5.13 Å². The molecule has 1 aromatic carbocycles. The fourth-order valence-electron chi connectivity index (χ4n) is 1.75. The molecule has 0 aliphatic heterocycles. The Labute approximate surface area is 131 Å². The average Bonchev–Trinajstić information content (AvgIpc) is 2.92. The number of anilines is 1. The first-order valence-corrected chi connectivity index (χ1v) is 7.20. The van der Waals surface area contributed by atoms with E-state index in [2.05, 4.69) is 10.3 Å². The van der Waals surface area contributed by atoms with Crippen molar-refractivity contribution in [1.82, 2.24) is 4.98 Å². The van der Waals surface area contributed by atoms with Gasteiger partial charge in [-0.2, -0.15) is 0 Å². The summed E-state index contributed by atoms with van der Waals surface area (Å²) in [5.41, 5.74) is 1.02. The van der Waals surface area contributed by atoms with Crippen LogP contribution in [0.1, 0.15) is 18.2 Å². The Morgan fingerprint density at radius 1 is 1.41 bits per heavy atom. The lowest BCUT2D eigenvalue weighted by Crippen LogP contribution is -2.06. The normalized spacial score (nSPS) is 11.1. The number of hydrogen-bond donors (Lipinski definition) is 2. The van der Waals surface area contributed by atoms with Crippen LogP contribution < -0.4 is 10.1 Å². The van der Waals surface area contributed by atoms with Gasteiger partial charge in [-0.25, -0.2) is 9.78 Å². The number of carbonyl (C=O) groups is 2. The third kappa shape index (κ3) is 3.92. The molecule has 0 atom stereocenters. The Hall–Kier alpha value is -2.67. The molecule has 114 valence electrons. The van der Waals surface area contributed by atoms with E-state index in [4.69, 9.17) is 4.74 Å². The molecule has 1 aromatic heterocycles. The number of carboxylic acid groups (broad SMARTS) is 1. The number of carboxylic acids is 1. The standard InChI is InChI=1S/C15H14N2O4S/c1-9(18)16-15-17-13(8-22-15)12(14(19)20)7-10-4-3-5-11(6-10)21-2/h3-8H,1-2H3,(H,19,20)(H,16,17,18)/b12-7+. The van der Waals surface area contributed by atoms with Crippen LogP contribution in [0.3, 0.4) is 0 Å². The minimum absolute atomic E-state index is 0.0427. The van der Waals surface area contributed by atoms with Gasteiger partial charge in [0.1, 0.15) is 5.75 Å². The van der Waals surface area contributed by atoms with Crippen molar-refractivity contribution < 1.29 is 19.4 Å². The Morgan fingerprint density at radius 3 is 2.82 bits per heavy atom. The first-order valence-electron chi connectivity index (χ1n) is 6.32. The molecule has 0 unspecified atom stereocenters. The van der Waals surface area contributed by atoms with E-state index in [1.807, 2.05) is 0 Å². The highest BCUT2D eigenvalue weighted by molar-refractivity contribution is 7.14. The van der Waals surface area contributed by atoms with E-state index in [1.165, 1.54) is 24.3 Å². The number of methoxy groups -OCH3 is 1. The maximum Gasteiger partial charge on any atom is 0.337 e. The van der Waals surface area contributed by atoms with E-state index in [0.717, 1.165) is 0 Å². The summed E-state index contributed by atoms with van der Waals surface area (Å²) in [4.78, 5) is 26.6. The molecule has 2 rings (SSSR count). The molecule has 0 saturated carbocycles.